The van der Waals surface area contributed by atoms with Crippen molar-refractivity contribution < 1.29 is 28.8 Å². The molecule has 2 unspecified atom stereocenters. The predicted octanol–water partition coefficient (Wildman–Crippen LogP) is -1.55. The maximum absolute atomic E-state index is 13.0. The van der Waals surface area contributed by atoms with Gasteiger partial charge in [0.2, 0.25) is 17.7 Å². The number of carbonyl (C=O) groups excluding carboxylic acids is 6. The molecular formula is C23H33N9O6. The van der Waals surface area contributed by atoms with Crippen LogP contribution in [0, 0.1) is 0 Å². The fourth-order valence-electron chi connectivity index (χ4n) is 3.47. The Morgan fingerprint density at radius 3 is 2.32 bits per heavy atom. The van der Waals surface area contributed by atoms with Crippen LogP contribution in [0.1, 0.15) is 42.5 Å². The molecule has 15 nitrogen and oxygen atoms in total. The summed E-state index contributed by atoms with van der Waals surface area (Å²) in [6.07, 6.45) is 2.75. The smallest absolute Gasteiger partial charge is 0.329 e. The molecule has 38 heavy (non-hydrogen) atoms. The Kier molecular flexibility index (Phi) is 12.0. The lowest BCUT2D eigenvalue weighted by molar-refractivity contribution is -0.131. The number of nitrogens with two attached hydrogens (primary N) is 2. The summed E-state index contributed by atoms with van der Waals surface area (Å²) in [5, 5.41) is 13.9. The fourth-order valence-corrected chi connectivity index (χ4v) is 3.47. The van der Waals surface area contributed by atoms with Gasteiger partial charge in [-0.2, -0.15) is 0 Å². The van der Waals surface area contributed by atoms with Gasteiger partial charge in [-0.05, 0) is 56.4 Å². The highest BCUT2D eigenvalue weighted by atomic mass is 16.2. The number of aliphatic imine (C=N–C) groups is 1. The molecule has 0 aromatic heterocycles. The summed E-state index contributed by atoms with van der Waals surface area (Å²) >= 11 is 0. The van der Waals surface area contributed by atoms with E-state index in [1.807, 2.05) is 10.6 Å². The molecule has 0 saturated carbocycles. The van der Waals surface area contributed by atoms with E-state index in [4.69, 9.17) is 11.5 Å². The monoisotopic (exact) mass is 531 g/mol. The Balaban J connectivity index is 2.00. The third-order valence-electron chi connectivity index (χ3n) is 5.42. The van der Waals surface area contributed by atoms with E-state index in [-0.39, 0.29) is 18.7 Å². The number of unbranched alkanes of at least 4 members (excludes halogenated alkanes) is 1. The summed E-state index contributed by atoms with van der Waals surface area (Å²) in [6, 6.07) is 2.19. The van der Waals surface area contributed by atoms with Crippen LogP contribution in [0.15, 0.2) is 29.3 Å². The summed E-state index contributed by atoms with van der Waals surface area (Å²) in [4.78, 5) is 77.7. The maximum Gasteiger partial charge on any atom is 0.329 e. The van der Waals surface area contributed by atoms with E-state index in [2.05, 4.69) is 26.3 Å². The van der Waals surface area contributed by atoms with Gasteiger partial charge in [0.25, 0.3) is 5.91 Å². The second-order valence-corrected chi connectivity index (χ2v) is 8.38. The Morgan fingerprint density at radius 2 is 1.61 bits per heavy atom. The van der Waals surface area contributed by atoms with Crippen LogP contribution in [0.5, 0.6) is 0 Å². The van der Waals surface area contributed by atoms with E-state index in [0.29, 0.717) is 43.6 Å². The molecule has 1 aromatic carbocycles. The molecule has 0 spiro atoms. The zero-order valence-corrected chi connectivity index (χ0v) is 20.7. The number of carbonyl (C=O) groups is 6. The van der Waals surface area contributed by atoms with E-state index in [1.54, 1.807) is 24.3 Å². The van der Waals surface area contributed by atoms with Crippen molar-refractivity contribution in [2.75, 3.05) is 25.4 Å². The van der Waals surface area contributed by atoms with Crippen molar-refractivity contribution in [2.45, 2.75) is 44.2 Å². The summed E-state index contributed by atoms with van der Waals surface area (Å²) in [6.45, 7) is 0.0883. The van der Waals surface area contributed by atoms with E-state index in [0.717, 1.165) is 6.34 Å². The number of imide groups is 2. The number of nitrogens with one attached hydrogen (secondary N) is 6. The summed E-state index contributed by atoms with van der Waals surface area (Å²) < 4.78 is 0. The van der Waals surface area contributed by atoms with Gasteiger partial charge in [0.05, 0.1) is 12.9 Å². The zero-order valence-electron chi connectivity index (χ0n) is 20.7. The standard InChI is InChI=1S/C23H33N9O6/c24-13-26-10-3-5-16-20(35)28-12-18(33)31-23(38)32-22(37)30-17(21(36)29-16)4-1-2-11-27-19(34)14-6-8-15(25)9-7-14/h6-9,13,16-17H,1-5,10-12,25H2,(H2,24,26)(H,27,34)(H,28,35)(H,29,36)(H3,30,31,32,33,37,38). The van der Waals surface area contributed by atoms with Crippen LogP contribution < -0.4 is 43.4 Å². The van der Waals surface area contributed by atoms with Crippen molar-refractivity contribution in [3.63, 3.8) is 0 Å². The van der Waals surface area contributed by atoms with Crippen LogP contribution in [0.25, 0.3) is 0 Å². The number of benzene rings is 1. The molecule has 0 aliphatic carbocycles. The molecule has 1 fully saturated rings. The van der Waals surface area contributed by atoms with Gasteiger partial charge in [0.15, 0.2) is 0 Å². The molecule has 1 heterocycles. The Morgan fingerprint density at radius 1 is 0.921 bits per heavy atom. The van der Waals surface area contributed by atoms with Crippen molar-refractivity contribution in [3.05, 3.63) is 29.8 Å². The van der Waals surface area contributed by atoms with Crippen LogP contribution in [-0.2, 0) is 14.4 Å². The summed E-state index contributed by atoms with van der Waals surface area (Å²) in [5.74, 6) is -2.42. The number of hydrogen-bond donors (Lipinski definition) is 8. The second kappa shape index (κ2) is 15.4. The molecule has 1 aliphatic heterocycles. The number of anilines is 1. The summed E-state index contributed by atoms with van der Waals surface area (Å²) in [5.41, 5.74) is 11.8. The van der Waals surface area contributed by atoms with Gasteiger partial charge in [-0.1, -0.05) is 0 Å². The summed E-state index contributed by atoms with van der Waals surface area (Å²) in [7, 11) is 0. The molecule has 8 amide bonds. The first-order valence-corrected chi connectivity index (χ1v) is 12.0. The van der Waals surface area contributed by atoms with Gasteiger partial charge < -0.3 is 32.7 Å². The molecule has 1 saturated heterocycles. The molecule has 206 valence electrons. The average Bonchev–Trinajstić information content (AvgIpc) is 2.88. The topological polar surface area (TPSA) is 239 Å². The van der Waals surface area contributed by atoms with Gasteiger partial charge in [0.1, 0.15) is 12.1 Å². The number of hydrogen-bond acceptors (Lipinski definition) is 8. The Bertz CT molecular complexity index is 1040. The van der Waals surface area contributed by atoms with Crippen molar-refractivity contribution in [3.8, 4) is 0 Å². The van der Waals surface area contributed by atoms with Crippen LogP contribution >= 0.6 is 0 Å². The third-order valence-corrected chi connectivity index (χ3v) is 5.42. The van der Waals surface area contributed by atoms with Gasteiger partial charge in [-0.3, -0.25) is 34.8 Å². The SMILES string of the molecule is NC=NCCCC1NC(=O)C(CCCCNC(=O)c2ccc(N)cc2)NC(=O)NC(=O)NC(=O)CNC1=O. The molecule has 1 aromatic rings. The second-order valence-electron chi connectivity index (χ2n) is 8.38. The number of rotatable bonds is 10. The quantitative estimate of drug-likeness (QED) is 0.0759. The zero-order chi connectivity index (χ0) is 27.9. The first-order valence-electron chi connectivity index (χ1n) is 12.0. The van der Waals surface area contributed by atoms with Crippen LogP contribution in [0.2, 0.25) is 0 Å². The molecule has 0 bridgehead atoms. The highest BCUT2D eigenvalue weighted by molar-refractivity contribution is 6.04. The van der Waals surface area contributed by atoms with Crippen molar-refractivity contribution in [2.24, 2.45) is 10.7 Å². The lowest BCUT2D eigenvalue weighted by Crippen LogP contribution is -2.55. The van der Waals surface area contributed by atoms with E-state index >= 15 is 0 Å². The van der Waals surface area contributed by atoms with Gasteiger partial charge >= 0.3 is 12.1 Å². The molecule has 10 N–H and O–H groups in total. The molecule has 0 radical (unpaired) electrons. The molecule has 2 rings (SSSR count). The van der Waals surface area contributed by atoms with Gasteiger partial charge in [-0.15, -0.1) is 0 Å². The first kappa shape index (κ1) is 29.5. The Labute approximate surface area is 218 Å². The van der Waals surface area contributed by atoms with Gasteiger partial charge in [0, 0.05) is 24.3 Å². The highest BCUT2D eigenvalue weighted by Crippen LogP contribution is 2.07. The number of amides is 8. The van der Waals surface area contributed by atoms with E-state index in [9.17, 15) is 28.8 Å². The number of urea groups is 2. The van der Waals surface area contributed by atoms with Crippen molar-refractivity contribution >= 4 is 47.7 Å². The average molecular weight is 532 g/mol. The molecular weight excluding hydrogens is 498 g/mol. The van der Waals surface area contributed by atoms with Crippen LogP contribution in [0.4, 0.5) is 15.3 Å². The molecule has 2 atom stereocenters. The van der Waals surface area contributed by atoms with Crippen LogP contribution in [0.3, 0.4) is 0 Å². The Hall–Kier alpha value is -4.69. The lowest BCUT2D eigenvalue weighted by atomic mass is 10.1. The highest BCUT2D eigenvalue weighted by Gasteiger charge is 2.28. The number of nitrogen functional groups attached to an aromatic ring is 1. The minimum Gasteiger partial charge on any atom is -0.399 e. The predicted molar refractivity (Wildman–Crippen MR) is 138 cm³/mol. The molecule has 15 heteroatoms. The lowest BCUT2D eigenvalue weighted by Gasteiger charge is -2.22. The van der Waals surface area contributed by atoms with Crippen molar-refractivity contribution in [1.29, 1.82) is 0 Å². The minimum atomic E-state index is -1.11. The van der Waals surface area contributed by atoms with E-state index < -0.39 is 48.4 Å². The fraction of sp³-hybridized carbons (Fsp3) is 0.435. The van der Waals surface area contributed by atoms with Crippen LogP contribution in [-0.4, -0.2) is 73.7 Å². The maximum atomic E-state index is 13.0. The van der Waals surface area contributed by atoms with E-state index in [1.165, 1.54) is 0 Å². The van der Waals surface area contributed by atoms with Gasteiger partial charge in [-0.25, -0.2) is 9.59 Å². The van der Waals surface area contributed by atoms with Crippen molar-refractivity contribution in [1.82, 2.24) is 31.9 Å². The number of nitrogens with zero attached hydrogens (tertiary/aromatic N) is 1. The minimum absolute atomic E-state index is 0.142. The molecule has 1 aliphatic rings. The first-order chi connectivity index (χ1) is 18.2. The largest absolute Gasteiger partial charge is 0.399 e. The normalized spacial score (nSPS) is 19.1. The third kappa shape index (κ3) is 10.5.